The van der Waals surface area contributed by atoms with Gasteiger partial charge in [-0.2, -0.15) is 0 Å². The molecule has 0 N–H and O–H groups in total. The zero-order valence-corrected chi connectivity index (χ0v) is 19.4. The van der Waals surface area contributed by atoms with Crippen LogP contribution >= 0.6 is 0 Å². The third kappa shape index (κ3) is 23.1. The molecule has 0 aliphatic rings. The van der Waals surface area contributed by atoms with Crippen molar-refractivity contribution in [2.75, 3.05) is 6.61 Å². The van der Waals surface area contributed by atoms with Gasteiger partial charge in [0.25, 0.3) is 0 Å². The number of hydrogen-bond acceptors (Lipinski definition) is 1. The molecular formula is C24H44OSi. The Balaban J connectivity index is 3.38. The van der Waals surface area contributed by atoms with Crippen molar-refractivity contribution in [3.8, 4) is 0 Å². The van der Waals surface area contributed by atoms with Gasteiger partial charge in [-0.15, -0.1) is 0 Å². The topological polar surface area (TPSA) is 9.23 Å². The standard InChI is InChI=1S/C24H44OSi/c1-5-6-7-8-9-10-11-12-13-14-15-16-17-18-19-20-21-22-23-25-26-24(2,3)4/h9-10,12-13,15-16,18-19H,5-8,11,14,17,20-23,26H2,1-4H3/b10-9+,13-12+,16-15+,19-18+. The molecule has 2 heteroatoms. The van der Waals surface area contributed by atoms with Crippen LogP contribution in [-0.4, -0.2) is 16.4 Å². The summed E-state index contributed by atoms with van der Waals surface area (Å²) >= 11 is 0. The van der Waals surface area contributed by atoms with E-state index in [0.29, 0.717) is 5.04 Å². The van der Waals surface area contributed by atoms with E-state index in [2.05, 4.69) is 76.3 Å². The lowest BCUT2D eigenvalue weighted by atomic mass is 10.2. The zero-order chi connectivity index (χ0) is 19.3. The second-order valence-corrected chi connectivity index (χ2v) is 11.0. The highest BCUT2D eigenvalue weighted by molar-refractivity contribution is 6.31. The summed E-state index contributed by atoms with van der Waals surface area (Å²) in [4.78, 5) is 0. The smallest absolute Gasteiger partial charge is 0.166 e. The van der Waals surface area contributed by atoms with Gasteiger partial charge in [-0.1, -0.05) is 89.1 Å². The molecule has 0 spiro atoms. The van der Waals surface area contributed by atoms with Gasteiger partial charge < -0.3 is 4.43 Å². The van der Waals surface area contributed by atoms with Gasteiger partial charge in [0.15, 0.2) is 9.76 Å². The molecule has 0 aliphatic heterocycles. The van der Waals surface area contributed by atoms with Crippen LogP contribution in [0.4, 0.5) is 0 Å². The van der Waals surface area contributed by atoms with Crippen LogP contribution in [0.2, 0.25) is 5.04 Å². The van der Waals surface area contributed by atoms with Gasteiger partial charge in [0.2, 0.25) is 0 Å². The molecule has 0 rings (SSSR count). The Kier molecular flexibility index (Phi) is 18.3. The zero-order valence-electron chi connectivity index (χ0n) is 18.0. The molecule has 0 aromatic rings. The van der Waals surface area contributed by atoms with Crippen LogP contribution < -0.4 is 0 Å². The van der Waals surface area contributed by atoms with Crippen molar-refractivity contribution in [1.82, 2.24) is 0 Å². The Labute approximate surface area is 166 Å². The highest BCUT2D eigenvalue weighted by Gasteiger charge is 2.10. The van der Waals surface area contributed by atoms with Crippen LogP contribution in [0, 0.1) is 0 Å². The van der Waals surface area contributed by atoms with E-state index in [1.807, 2.05) is 0 Å². The first-order valence-corrected chi connectivity index (χ1v) is 12.0. The van der Waals surface area contributed by atoms with Crippen LogP contribution in [0.1, 0.15) is 91.9 Å². The lowest BCUT2D eigenvalue weighted by molar-refractivity contribution is 0.310. The van der Waals surface area contributed by atoms with E-state index in [1.165, 1.54) is 44.9 Å². The first kappa shape index (κ1) is 25.1. The molecule has 0 radical (unpaired) electrons. The van der Waals surface area contributed by atoms with Crippen LogP contribution in [0.25, 0.3) is 0 Å². The normalized spacial score (nSPS) is 13.7. The van der Waals surface area contributed by atoms with Crippen molar-refractivity contribution in [2.24, 2.45) is 0 Å². The van der Waals surface area contributed by atoms with Crippen molar-refractivity contribution in [2.45, 2.75) is 96.9 Å². The van der Waals surface area contributed by atoms with Gasteiger partial charge >= 0.3 is 0 Å². The Morgan fingerprint density at radius 1 is 0.654 bits per heavy atom. The summed E-state index contributed by atoms with van der Waals surface area (Å²) in [6, 6.07) is 0. The Morgan fingerprint density at radius 3 is 1.58 bits per heavy atom. The number of unbranched alkanes of at least 4 members (excludes halogenated alkanes) is 5. The molecule has 0 aromatic carbocycles. The van der Waals surface area contributed by atoms with Crippen molar-refractivity contribution >= 4 is 9.76 Å². The molecule has 0 unspecified atom stereocenters. The van der Waals surface area contributed by atoms with Crippen molar-refractivity contribution < 1.29 is 4.43 Å². The maximum absolute atomic E-state index is 5.82. The summed E-state index contributed by atoms with van der Waals surface area (Å²) in [6.45, 7) is 10.0. The van der Waals surface area contributed by atoms with Crippen LogP contribution in [0.5, 0.6) is 0 Å². The fraction of sp³-hybridized carbons (Fsp3) is 0.667. The van der Waals surface area contributed by atoms with Crippen LogP contribution in [0.3, 0.4) is 0 Å². The fourth-order valence-electron chi connectivity index (χ4n) is 2.41. The summed E-state index contributed by atoms with van der Waals surface area (Å²) < 4.78 is 5.82. The third-order valence-corrected chi connectivity index (χ3v) is 5.26. The summed E-state index contributed by atoms with van der Waals surface area (Å²) in [6.07, 6.45) is 30.3. The number of rotatable bonds is 16. The van der Waals surface area contributed by atoms with E-state index in [9.17, 15) is 0 Å². The molecule has 0 fully saturated rings. The quantitative estimate of drug-likeness (QED) is 0.154. The van der Waals surface area contributed by atoms with E-state index < -0.39 is 0 Å². The first-order valence-electron chi connectivity index (χ1n) is 10.7. The molecule has 1 nitrogen and oxygen atoms in total. The maximum Gasteiger partial charge on any atom is 0.166 e. The van der Waals surface area contributed by atoms with Gasteiger partial charge in [0.1, 0.15) is 0 Å². The lowest BCUT2D eigenvalue weighted by Gasteiger charge is -2.16. The number of allylic oxidation sites excluding steroid dienone is 8. The van der Waals surface area contributed by atoms with Crippen LogP contribution in [-0.2, 0) is 4.43 Å². The Morgan fingerprint density at radius 2 is 1.12 bits per heavy atom. The predicted molar refractivity (Wildman–Crippen MR) is 123 cm³/mol. The van der Waals surface area contributed by atoms with Crippen LogP contribution in [0.15, 0.2) is 48.6 Å². The molecule has 0 aliphatic carbocycles. The minimum Gasteiger partial charge on any atom is -0.423 e. The Bertz CT molecular complexity index is 399. The molecule has 0 heterocycles. The molecule has 0 bridgehead atoms. The van der Waals surface area contributed by atoms with Gasteiger partial charge in [0.05, 0.1) is 0 Å². The summed E-state index contributed by atoms with van der Waals surface area (Å²) in [5.74, 6) is 0. The molecule has 26 heavy (non-hydrogen) atoms. The molecule has 0 saturated carbocycles. The van der Waals surface area contributed by atoms with E-state index in [1.54, 1.807) is 0 Å². The van der Waals surface area contributed by atoms with Crippen molar-refractivity contribution in [3.05, 3.63) is 48.6 Å². The SMILES string of the molecule is CCCCC/C=C/C/C=C/C/C=C/C/C=C/CCCCO[SiH2]C(C)(C)C. The summed E-state index contributed by atoms with van der Waals surface area (Å²) in [7, 11) is -0.355. The van der Waals surface area contributed by atoms with Gasteiger partial charge in [-0.25, -0.2) is 0 Å². The summed E-state index contributed by atoms with van der Waals surface area (Å²) in [5, 5.41) is 0.423. The second-order valence-electron chi connectivity index (χ2n) is 8.20. The highest BCUT2D eigenvalue weighted by atomic mass is 28.2. The van der Waals surface area contributed by atoms with Gasteiger partial charge in [0, 0.05) is 6.61 Å². The molecule has 0 saturated heterocycles. The van der Waals surface area contributed by atoms with E-state index in [-0.39, 0.29) is 9.76 Å². The second kappa shape index (κ2) is 18.9. The summed E-state index contributed by atoms with van der Waals surface area (Å²) in [5.41, 5.74) is 0. The van der Waals surface area contributed by atoms with E-state index in [4.69, 9.17) is 4.43 Å². The third-order valence-electron chi connectivity index (χ3n) is 3.90. The highest BCUT2D eigenvalue weighted by Crippen LogP contribution is 2.19. The molecule has 0 aromatic heterocycles. The maximum atomic E-state index is 5.82. The van der Waals surface area contributed by atoms with Gasteiger partial charge in [-0.05, 0) is 56.4 Å². The minimum atomic E-state index is -0.355. The van der Waals surface area contributed by atoms with E-state index in [0.717, 1.165) is 25.9 Å². The van der Waals surface area contributed by atoms with Gasteiger partial charge in [-0.3, -0.25) is 0 Å². The monoisotopic (exact) mass is 376 g/mol. The van der Waals surface area contributed by atoms with E-state index >= 15 is 0 Å². The average molecular weight is 377 g/mol. The lowest BCUT2D eigenvalue weighted by Crippen LogP contribution is -2.13. The molecular weight excluding hydrogens is 332 g/mol. The fourth-order valence-corrected chi connectivity index (χ4v) is 3.37. The predicted octanol–water partition coefficient (Wildman–Crippen LogP) is 7.45. The first-order chi connectivity index (χ1) is 12.6. The number of hydrogen-bond donors (Lipinski definition) is 0. The molecule has 150 valence electrons. The average Bonchev–Trinajstić information content (AvgIpc) is 2.59. The molecule has 0 amide bonds. The molecule has 0 atom stereocenters. The largest absolute Gasteiger partial charge is 0.423 e. The minimum absolute atomic E-state index is 0.355. The van der Waals surface area contributed by atoms with Crippen molar-refractivity contribution in [3.63, 3.8) is 0 Å². The van der Waals surface area contributed by atoms with Crippen molar-refractivity contribution in [1.29, 1.82) is 0 Å². The Hall–Kier alpha value is -0.863.